The van der Waals surface area contributed by atoms with E-state index < -0.39 is 10.0 Å². The highest BCUT2D eigenvalue weighted by Crippen LogP contribution is 2.19. The maximum Gasteiger partial charge on any atom is 0.255 e. The fourth-order valence-corrected chi connectivity index (χ4v) is 4.15. The first-order valence-electron chi connectivity index (χ1n) is 9.70. The van der Waals surface area contributed by atoms with Crippen molar-refractivity contribution in [3.63, 3.8) is 0 Å². The highest BCUT2D eigenvalue weighted by molar-refractivity contribution is 7.88. The van der Waals surface area contributed by atoms with Gasteiger partial charge in [-0.3, -0.25) is 4.79 Å². The third-order valence-electron chi connectivity index (χ3n) is 4.91. The van der Waals surface area contributed by atoms with Crippen LogP contribution >= 0.6 is 0 Å². The normalized spacial score (nSPS) is 11.0. The van der Waals surface area contributed by atoms with Gasteiger partial charge in [0.05, 0.1) is 17.0 Å². The van der Waals surface area contributed by atoms with Crippen molar-refractivity contribution in [1.82, 2.24) is 4.72 Å². The molecule has 0 atom stereocenters. The fraction of sp³-hybridized carbons (Fsp3) is 0.167. The molecule has 3 rings (SSSR count). The van der Waals surface area contributed by atoms with Crippen LogP contribution in [0.5, 0.6) is 0 Å². The summed E-state index contributed by atoms with van der Waals surface area (Å²) < 4.78 is 27.5. The summed E-state index contributed by atoms with van der Waals surface area (Å²) in [5.41, 5.74) is 4.60. The second kappa shape index (κ2) is 9.56. The van der Waals surface area contributed by atoms with Gasteiger partial charge in [-0.2, -0.15) is 5.26 Å². The number of aryl methyl sites for hydroxylation is 2. The Hall–Kier alpha value is -3.47. The lowest BCUT2D eigenvalue weighted by Gasteiger charge is -2.11. The predicted molar refractivity (Wildman–Crippen MR) is 121 cm³/mol. The zero-order chi connectivity index (χ0) is 22.4. The Balaban J connectivity index is 1.67. The molecule has 3 aromatic carbocycles. The number of sulfonamides is 1. The van der Waals surface area contributed by atoms with Crippen LogP contribution in [0.1, 0.15) is 38.2 Å². The van der Waals surface area contributed by atoms with E-state index in [0.717, 1.165) is 11.1 Å². The van der Waals surface area contributed by atoms with Crippen LogP contribution in [0, 0.1) is 25.2 Å². The molecular formula is C24H23N3O3S. The highest BCUT2D eigenvalue weighted by atomic mass is 32.2. The average molecular weight is 434 g/mol. The smallest absolute Gasteiger partial charge is 0.255 e. The number of benzene rings is 3. The van der Waals surface area contributed by atoms with Gasteiger partial charge in [-0.25, -0.2) is 13.1 Å². The average Bonchev–Trinajstić information content (AvgIpc) is 2.76. The first kappa shape index (κ1) is 22.2. The topological polar surface area (TPSA) is 99.1 Å². The molecule has 3 aromatic rings. The van der Waals surface area contributed by atoms with Gasteiger partial charge in [0.25, 0.3) is 5.91 Å². The summed E-state index contributed by atoms with van der Waals surface area (Å²) >= 11 is 0. The molecule has 7 heteroatoms. The van der Waals surface area contributed by atoms with Gasteiger partial charge in [0.15, 0.2) is 0 Å². The minimum Gasteiger partial charge on any atom is -0.321 e. The van der Waals surface area contributed by atoms with E-state index in [0.29, 0.717) is 22.4 Å². The number of rotatable bonds is 7. The molecule has 0 radical (unpaired) electrons. The highest BCUT2D eigenvalue weighted by Gasteiger charge is 2.14. The number of carbonyl (C=O) groups excluding carboxylic acids is 1. The van der Waals surface area contributed by atoms with Crippen molar-refractivity contribution in [1.29, 1.82) is 5.26 Å². The van der Waals surface area contributed by atoms with Gasteiger partial charge in [0, 0.05) is 12.1 Å². The van der Waals surface area contributed by atoms with E-state index in [1.165, 1.54) is 0 Å². The van der Waals surface area contributed by atoms with Crippen LogP contribution in [0.2, 0.25) is 0 Å². The van der Waals surface area contributed by atoms with E-state index >= 15 is 0 Å². The van der Waals surface area contributed by atoms with Crippen LogP contribution in [0.15, 0.2) is 66.7 Å². The second-order valence-electron chi connectivity index (χ2n) is 7.31. The van der Waals surface area contributed by atoms with Gasteiger partial charge >= 0.3 is 0 Å². The van der Waals surface area contributed by atoms with Crippen LogP contribution in [0.25, 0.3) is 0 Å². The first-order chi connectivity index (χ1) is 14.8. The molecule has 0 saturated heterocycles. The zero-order valence-electron chi connectivity index (χ0n) is 17.3. The SMILES string of the molecule is Cc1ccc(CS(=O)(=O)NCc2ccc(NC(=O)c3ccccc3)c(C#N)c2)cc1C. The molecule has 0 aliphatic carbocycles. The molecule has 1 amide bonds. The van der Waals surface area contributed by atoms with E-state index in [2.05, 4.69) is 10.0 Å². The first-order valence-corrected chi connectivity index (χ1v) is 11.4. The Bertz CT molecular complexity index is 1250. The van der Waals surface area contributed by atoms with Crippen LogP contribution in [0.4, 0.5) is 5.69 Å². The van der Waals surface area contributed by atoms with Gasteiger partial charge in [0.2, 0.25) is 10.0 Å². The summed E-state index contributed by atoms with van der Waals surface area (Å²) in [4.78, 5) is 12.3. The van der Waals surface area contributed by atoms with Gasteiger partial charge < -0.3 is 5.32 Å². The summed E-state index contributed by atoms with van der Waals surface area (Å²) in [7, 11) is -3.55. The number of hydrogen-bond donors (Lipinski definition) is 2. The minimum absolute atomic E-state index is 0.0504. The summed E-state index contributed by atoms with van der Waals surface area (Å²) in [5, 5.41) is 12.2. The number of anilines is 1. The molecular weight excluding hydrogens is 410 g/mol. The summed E-state index contributed by atoms with van der Waals surface area (Å²) in [6.45, 7) is 3.97. The number of nitrogens with zero attached hydrogens (tertiary/aromatic N) is 1. The van der Waals surface area contributed by atoms with Crippen molar-refractivity contribution in [2.24, 2.45) is 0 Å². The molecule has 0 aromatic heterocycles. The van der Waals surface area contributed by atoms with Crippen LogP contribution in [-0.4, -0.2) is 14.3 Å². The fourth-order valence-electron chi connectivity index (χ4n) is 3.04. The Morgan fingerprint density at radius 3 is 2.32 bits per heavy atom. The largest absolute Gasteiger partial charge is 0.321 e. The maximum absolute atomic E-state index is 12.5. The van der Waals surface area contributed by atoms with E-state index in [1.807, 2.05) is 38.1 Å². The number of nitrogens with one attached hydrogen (secondary N) is 2. The monoisotopic (exact) mass is 433 g/mol. The van der Waals surface area contributed by atoms with Crippen molar-refractivity contribution in [2.45, 2.75) is 26.1 Å². The second-order valence-corrected chi connectivity index (χ2v) is 9.12. The van der Waals surface area contributed by atoms with Gasteiger partial charge in [-0.1, -0.05) is 42.5 Å². The number of nitriles is 1. The molecule has 0 heterocycles. The van der Waals surface area contributed by atoms with E-state index in [9.17, 15) is 18.5 Å². The quantitative estimate of drug-likeness (QED) is 0.587. The number of amides is 1. The van der Waals surface area contributed by atoms with Crippen LogP contribution in [0.3, 0.4) is 0 Å². The Morgan fingerprint density at radius 1 is 0.935 bits per heavy atom. The molecule has 6 nitrogen and oxygen atoms in total. The molecule has 0 saturated carbocycles. The third-order valence-corrected chi connectivity index (χ3v) is 6.21. The molecule has 0 bridgehead atoms. The van der Waals surface area contributed by atoms with Crippen molar-refractivity contribution < 1.29 is 13.2 Å². The molecule has 158 valence electrons. The van der Waals surface area contributed by atoms with E-state index in [4.69, 9.17) is 0 Å². The summed E-state index contributed by atoms with van der Waals surface area (Å²) in [6.07, 6.45) is 0. The lowest BCUT2D eigenvalue weighted by Crippen LogP contribution is -2.24. The molecule has 31 heavy (non-hydrogen) atoms. The van der Waals surface area contributed by atoms with Crippen LogP contribution < -0.4 is 10.0 Å². The van der Waals surface area contributed by atoms with Crippen molar-refractivity contribution in [2.75, 3.05) is 5.32 Å². The van der Waals surface area contributed by atoms with Crippen molar-refractivity contribution in [3.05, 3.63) is 100 Å². The Labute approximate surface area is 182 Å². The summed E-state index contributed by atoms with van der Waals surface area (Å²) in [6, 6.07) is 21.2. The standard InChI is InChI=1S/C24H23N3O3S/c1-17-8-9-20(12-18(17)2)16-31(29,30)26-15-19-10-11-23(22(13-19)14-25)27-24(28)21-6-4-3-5-7-21/h3-13,26H,15-16H2,1-2H3,(H,27,28). The molecule has 0 aliphatic heterocycles. The van der Waals surface area contributed by atoms with Gasteiger partial charge in [0.1, 0.15) is 6.07 Å². The Kier molecular flexibility index (Phi) is 6.85. The molecule has 0 aliphatic rings. The third kappa shape index (κ3) is 6.01. The maximum atomic E-state index is 12.5. The lowest BCUT2D eigenvalue weighted by atomic mass is 10.1. The Morgan fingerprint density at radius 2 is 1.65 bits per heavy atom. The molecule has 0 spiro atoms. The number of hydrogen-bond acceptors (Lipinski definition) is 4. The molecule has 2 N–H and O–H groups in total. The molecule has 0 fully saturated rings. The van der Waals surface area contributed by atoms with Crippen molar-refractivity contribution in [3.8, 4) is 6.07 Å². The minimum atomic E-state index is -3.55. The van der Waals surface area contributed by atoms with Crippen LogP contribution in [-0.2, 0) is 22.3 Å². The zero-order valence-corrected chi connectivity index (χ0v) is 18.2. The lowest BCUT2D eigenvalue weighted by molar-refractivity contribution is 0.102. The summed E-state index contributed by atoms with van der Waals surface area (Å²) in [5.74, 6) is -0.441. The van der Waals surface area contributed by atoms with E-state index in [-0.39, 0.29) is 23.8 Å². The van der Waals surface area contributed by atoms with Gasteiger partial charge in [-0.15, -0.1) is 0 Å². The van der Waals surface area contributed by atoms with E-state index in [1.54, 1.807) is 48.5 Å². The van der Waals surface area contributed by atoms with Gasteiger partial charge in [-0.05, 0) is 60.4 Å². The molecule has 0 unspecified atom stereocenters. The number of carbonyl (C=O) groups is 1. The van der Waals surface area contributed by atoms with Crippen molar-refractivity contribution >= 4 is 21.6 Å². The predicted octanol–water partition coefficient (Wildman–Crippen LogP) is 4.05.